The molecule has 0 amide bonds. The number of para-hydroxylation sites is 1. The van der Waals surface area contributed by atoms with Crippen molar-refractivity contribution in [2.24, 2.45) is 5.73 Å². The molecule has 1 atom stereocenters. The van der Waals surface area contributed by atoms with Crippen molar-refractivity contribution >= 4 is 11.3 Å². The van der Waals surface area contributed by atoms with E-state index in [2.05, 4.69) is 13.0 Å². The molecular formula is C16H20FNOS. The maximum atomic E-state index is 13.9. The average Bonchev–Trinajstić information content (AvgIpc) is 2.85. The van der Waals surface area contributed by atoms with Crippen LogP contribution in [0.4, 0.5) is 4.39 Å². The fraction of sp³-hybridized carbons (Fsp3) is 0.375. The number of rotatable bonds is 6. The van der Waals surface area contributed by atoms with Gasteiger partial charge < -0.3 is 10.5 Å². The summed E-state index contributed by atoms with van der Waals surface area (Å²) >= 11 is 1.71. The molecule has 0 bridgehead atoms. The molecule has 0 aliphatic rings. The number of nitrogens with two attached hydrogens (primary N) is 1. The van der Waals surface area contributed by atoms with E-state index in [4.69, 9.17) is 10.5 Å². The maximum absolute atomic E-state index is 13.9. The summed E-state index contributed by atoms with van der Waals surface area (Å²) in [5, 5.41) is 0. The monoisotopic (exact) mass is 293 g/mol. The van der Waals surface area contributed by atoms with Crippen molar-refractivity contribution in [1.82, 2.24) is 0 Å². The Morgan fingerprint density at radius 2 is 2.00 bits per heavy atom. The van der Waals surface area contributed by atoms with E-state index in [-0.39, 0.29) is 11.9 Å². The third-order valence-corrected chi connectivity index (χ3v) is 4.22. The minimum absolute atomic E-state index is 0.0208. The predicted octanol–water partition coefficient (Wildman–Crippen LogP) is 3.92. The van der Waals surface area contributed by atoms with Gasteiger partial charge in [-0.15, -0.1) is 11.3 Å². The van der Waals surface area contributed by atoms with Gasteiger partial charge in [0, 0.05) is 15.8 Å². The van der Waals surface area contributed by atoms with Gasteiger partial charge in [0.15, 0.2) is 11.6 Å². The third kappa shape index (κ3) is 3.81. The first kappa shape index (κ1) is 15.0. The van der Waals surface area contributed by atoms with Crippen LogP contribution >= 0.6 is 11.3 Å². The molecule has 1 aromatic heterocycles. The Labute approximate surface area is 123 Å². The van der Waals surface area contributed by atoms with Gasteiger partial charge in [0.05, 0.1) is 0 Å². The van der Waals surface area contributed by atoms with E-state index < -0.39 is 0 Å². The largest absolute Gasteiger partial charge is 0.485 e. The molecule has 1 unspecified atom stereocenters. The van der Waals surface area contributed by atoms with Crippen LogP contribution in [0.3, 0.4) is 0 Å². The summed E-state index contributed by atoms with van der Waals surface area (Å²) in [6.07, 6.45) is 1.62. The van der Waals surface area contributed by atoms with Crippen molar-refractivity contribution in [1.29, 1.82) is 0 Å². The second-order valence-corrected chi connectivity index (χ2v) is 6.17. The Kier molecular flexibility index (Phi) is 5.15. The van der Waals surface area contributed by atoms with E-state index >= 15 is 0 Å². The van der Waals surface area contributed by atoms with Gasteiger partial charge >= 0.3 is 0 Å². The zero-order valence-electron chi connectivity index (χ0n) is 11.9. The SMILES string of the molecule is CCc1ccc(COc2c(F)cccc2CC(C)N)s1. The molecule has 2 aromatic rings. The number of aryl methyl sites for hydroxylation is 1. The third-order valence-electron chi connectivity index (χ3n) is 3.01. The topological polar surface area (TPSA) is 35.2 Å². The molecule has 0 aliphatic heterocycles. The molecule has 0 spiro atoms. The lowest BCUT2D eigenvalue weighted by molar-refractivity contribution is 0.289. The van der Waals surface area contributed by atoms with E-state index in [9.17, 15) is 4.39 Å². The molecule has 1 aromatic carbocycles. The lowest BCUT2D eigenvalue weighted by atomic mass is 10.1. The van der Waals surface area contributed by atoms with Gasteiger partial charge in [-0.2, -0.15) is 0 Å². The second kappa shape index (κ2) is 6.86. The van der Waals surface area contributed by atoms with Crippen molar-refractivity contribution in [2.45, 2.75) is 39.3 Å². The van der Waals surface area contributed by atoms with Gasteiger partial charge in [0.25, 0.3) is 0 Å². The van der Waals surface area contributed by atoms with Crippen LogP contribution in [0, 0.1) is 5.82 Å². The van der Waals surface area contributed by atoms with E-state index in [1.165, 1.54) is 10.9 Å². The Hall–Kier alpha value is -1.39. The first-order valence-electron chi connectivity index (χ1n) is 6.83. The minimum atomic E-state index is -0.324. The first-order valence-corrected chi connectivity index (χ1v) is 7.65. The zero-order chi connectivity index (χ0) is 14.5. The van der Waals surface area contributed by atoms with Crippen LogP contribution in [0.2, 0.25) is 0 Å². The van der Waals surface area contributed by atoms with E-state index in [1.54, 1.807) is 17.4 Å². The van der Waals surface area contributed by atoms with E-state index in [1.807, 2.05) is 19.1 Å². The summed E-state index contributed by atoms with van der Waals surface area (Å²) in [7, 11) is 0. The molecule has 0 saturated heterocycles. The van der Waals surface area contributed by atoms with Crippen molar-refractivity contribution in [3.8, 4) is 5.75 Å². The first-order chi connectivity index (χ1) is 9.60. The fourth-order valence-corrected chi connectivity index (χ4v) is 2.93. The number of hydrogen-bond donors (Lipinski definition) is 1. The van der Waals surface area contributed by atoms with Gasteiger partial charge in [-0.25, -0.2) is 4.39 Å². The number of benzene rings is 1. The van der Waals surface area contributed by atoms with Gasteiger partial charge in [0.2, 0.25) is 0 Å². The molecule has 0 radical (unpaired) electrons. The number of halogens is 1. The van der Waals surface area contributed by atoms with Gasteiger partial charge in [-0.05, 0) is 43.5 Å². The van der Waals surface area contributed by atoms with Crippen molar-refractivity contribution in [3.05, 3.63) is 51.5 Å². The molecule has 2 rings (SSSR count). The maximum Gasteiger partial charge on any atom is 0.165 e. The quantitative estimate of drug-likeness (QED) is 0.876. The molecule has 2 nitrogen and oxygen atoms in total. The molecule has 2 N–H and O–H groups in total. The Morgan fingerprint density at radius 3 is 2.65 bits per heavy atom. The van der Waals surface area contributed by atoms with Crippen molar-refractivity contribution < 1.29 is 9.13 Å². The van der Waals surface area contributed by atoms with Crippen LogP contribution in [-0.2, 0) is 19.4 Å². The smallest absolute Gasteiger partial charge is 0.165 e. The average molecular weight is 293 g/mol. The zero-order valence-corrected chi connectivity index (χ0v) is 12.7. The van der Waals surface area contributed by atoms with Crippen molar-refractivity contribution in [3.63, 3.8) is 0 Å². The Bertz CT molecular complexity index is 565. The molecule has 0 aliphatic carbocycles. The lowest BCUT2D eigenvalue weighted by Gasteiger charge is -2.13. The van der Waals surface area contributed by atoms with Crippen LogP contribution in [0.5, 0.6) is 5.75 Å². The van der Waals surface area contributed by atoms with Crippen LogP contribution in [-0.4, -0.2) is 6.04 Å². The normalized spacial score (nSPS) is 12.4. The number of hydrogen-bond acceptors (Lipinski definition) is 3. The summed E-state index contributed by atoms with van der Waals surface area (Å²) < 4.78 is 19.6. The highest BCUT2D eigenvalue weighted by Crippen LogP contribution is 2.26. The highest BCUT2D eigenvalue weighted by Gasteiger charge is 2.12. The van der Waals surface area contributed by atoms with E-state index in [0.29, 0.717) is 18.8 Å². The summed E-state index contributed by atoms with van der Waals surface area (Å²) in [6.45, 7) is 4.42. The van der Waals surface area contributed by atoms with Crippen LogP contribution in [0.1, 0.15) is 29.2 Å². The van der Waals surface area contributed by atoms with E-state index in [0.717, 1.165) is 16.9 Å². The molecule has 0 saturated carbocycles. The van der Waals surface area contributed by atoms with Crippen molar-refractivity contribution in [2.75, 3.05) is 0 Å². The molecule has 20 heavy (non-hydrogen) atoms. The standard InChI is InChI=1S/C16H20FNOS/c1-3-13-7-8-14(20-13)10-19-16-12(9-11(2)18)5-4-6-15(16)17/h4-8,11H,3,9-10,18H2,1-2H3. The van der Waals surface area contributed by atoms with Crippen LogP contribution in [0.25, 0.3) is 0 Å². The number of thiophene rings is 1. The molecular weight excluding hydrogens is 273 g/mol. The van der Waals surface area contributed by atoms with Crippen LogP contribution in [0.15, 0.2) is 30.3 Å². The second-order valence-electron chi connectivity index (χ2n) is 4.92. The lowest BCUT2D eigenvalue weighted by Crippen LogP contribution is -2.18. The fourth-order valence-electron chi connectivity index (χ4n) is 2.06. The predicted molar refractivity (Wildman–Crippen MR) is 81.8 cm³/mol. The number of ether oxygens (including phenoxy) is 1. The van der Waals surface area contributed by atoms with Gasteiger partial charge in [0.1, 0.15) is 6.61 Å². The minimum Gasteiger partial charge on any atom is -0.485 e. The Morgan fingerprint density at radius 1 is 1.25 bits per heavy atom. The highest BCUT2D eigenvalue weighted by molar-refractivity contribution is 7.11. The van der Waals surface area contributed by atoms with Crippen LogP contribution < -0.4 is 10.5 Å². The summed E-state index contributed by atoms with van der Waals surface area (Å²) in [5.41, 5.74) is 6.62. The molecule has 108 valence electrons. The Balaban J connectivity index is 2.11. The van der Waals surface area contributed by atoms with Gasteiger partial charge in [-0.1, -0.05) is 19.1 Å². The molecule has 4 heteroatoms. The summed E-state index contributed by atoms with van der Waals surface area (Å²) in [5.74, 6) is 0.00618. The van der Waals surface area contributed by atoms with Gasteiger partial charge in [-0.3, -0.25) is 0 Å². The molecule has 1 heterocycles. The summed E-state index contributed by atoms with van der Waals surface area (Å²) in [6, 6.07) is 9.09. The molecule has 0 fully saturated rings. The summed E-state index contributed by atoms with van der Waals surface area (Å²) in [4.78, 5) is 2.42. The highest BCUT2D eigenvalue weighted by atomic mass is 32.1.